The van der Waals surface area contributed by atoms with Crippen molar-refractivity contribution in [1.82, 2.24) is 14.8 Å². The Morgan fingerprint density at radius 1 is 1.21 bits per heavy atom. The molecule has 0 aliphatic heterocycles. The minimum absolute atomic E-state index is 0.0538. The zero-order chi connectivity index (χ0) is 17.3. The van der Waals surface area contributed by atoms with E-state index < -0.39 is 0 Å². The summed E-state index contributed by atoms with van der Waals surface area (Å²) < 4.78 is 7.27. The largest absolute Gasteiger partial charge is 0.497 e. The Kier molecular flexibility index (Phi) is 4.43. The standard InChI is InChI=1S/C18H21N3O2S/c1-18(2,3)21-16(12-5-7-14(23-4)8-6-12)15(9-19-21)17-20-13(10-22)11-24-17/h5-9,11,22H,10H2,1-4H3. The van der Waals surface area contributed by atoms with Crippen LogP contribution in [0.25, 0.3) is 21.8 Å². The maximum absolute atomic E-state index is 9.29. The molecule has 0 aliphatic rings. The Morgan fingerprint density at radius 3 is 2.46 bits per heavy atom. The molecule has 0 saturated heterocycles. The highest BCUT2D eigenvalue weighted by molar-refractivity contribution is 7.13. The van der Waals surface area contributed by atoms with Gasteiger partial charge in [-0.1, -0.05) is 0 Å². The Morgan fingerprint density at radius 2 is 1.92 bits per heavy atom. The zero-order valence-corrected chi connectivity index (χ0v) is 15.1. The summed E-state index contributed by atoms with van der Waals surface area (Å²) in [7, 11) is 1.66. The average molecular weight is 343 g/mol. The molecule has 0 aliphatic carbocycles. The van der Waals surface area contributed by atoms with Gasteiger partial charge in [-0.05, 0) is 45.0 Å². The van der Waals surface area contributed by atoms with Crippen LogP contribution in [0.4, 0.5) is 0 Å². The van der Waals surface area contributed by atoms with Gasteiger partial charge < -0.3 is 9.84 Å². The van der Waals surface area contributed by atoms with Gasteiger partial charge in [0.15, 0.2) is 0 Å². The van der Waals surface area contributed by atoms with Crippen molar-refractivity contribution in [2.45, 2.75) is 32.9 Å². The fourth-order valence-electron chi connectivity index (χ4n) is 2.54. The molecule has 1 N–H and O–H groups in total. The Balaban J connectivity index is 2.17. The Labute approximate surface area is 145 Å². The molecule has 0 amide bonds. The Hall–Kier alpha value is -2.18. The van der Waals surface area contributed by atoms with E-state index in [0.29, 0.717) is 5.69 Å². The molecule has 126 valence electrons. The van der Waals surface area contributed by atoms with Crippen molar-refractivity contribution in [3.8, 4) is 27.6 Å². The third-order valence-electron chi connectivity index (χ3n) is 3.71. The molecular weight excluding hydrogens is 322 g/mol. The lowest BCUT2D eigenvalue weighted by Crippen LogP contribution is -2.24. The number of benzene rings is 1. The molecule has 3 aromatic rings. The predicted octanol–water partition coefficient (Wildman–Crippen LogP) is 3.93. The highest BCUT2D eigenvalue weighted by Crippen LogP contribution is 2.37. The van der Waals surface area contributed by atoms with Crippen LogP contribution >= 0.6 is 11.3 Å². The number of ether oxygens (including phenoxy) is 1. The van der Waals surface area contributed by atoms with E-state index in [-0.39, 0.29) is 12.1 Å². The zero-order valence-electron chi connectivity index (χ0n) is 14.3. The van der Waals surface area contributed by atoms with Gasteiger partial charge in [-0.25, -0.2) is 4.98 Å². The second-order valence-electron chi connectivity index (χ2n) is 6.52. The lowest BCUT2D eigenvalue weighted by atomic mass is 10.0. The van der Waals surface area contributed by atoms with E-state index in [4.69, 9.17) is 4.74 Å². The van der Waals surface area contributed by atoms with E-state index in [1.165, 1.54) is 11.3 Å². The van der Waals surface area contributed by atoms with Gasteiger partial charge in [0.25, 0.3) is 0 Å². The molecule has 3 rings (SSSR count). The number of hydrogen-bond donors (Lipinski definition) is 1. The average Bonchev–Trinajstić information content (AvgIpc) is 3.20. The van der Waals surface area contributed by atoms with Gasteiger partial charge in [0, 0.05) is 10.9 Å². The second kappa shape index (κ2) is 6.37. The lowest BCUT2D eigenvalue weighted by molar-refractivity contribution is 0.278. The van der Waals surface area contributed by atoms with Crippen LogP contribution in [0, 0.1) is 0 Å². The molecule has 2 aromatic heterocycles. The smallest absolute Gasteiger partial charge is 0.127 e. The molecule has 0 unspecified atom stereocenters. The van der Waals surface area contributed by atoms with Crippen LogP contribution in [0.5, 0.6) is 5.75 Å². The van der Waals surface area contributed by atoms with E-state index in [1.54, 1.807) is 7.11 Å². The third kappa shape index (κ3) is 3.07. The summed E-state index contributed by atoms with van der Waals surface area (Å²) in [4.78, 5) is 4.50. The number of aliphatic hydroxyl groups is 1. The van der Waals surface area contributed by atoms with E-state index >= 15 is 0 Å². The molecule has 0 radical (unpaired) electrons. The van der Waals surface area contributed by atoms with Crippen molar-refractivity contribution < 1.29 is 9.84 Å². The first-order valence-corrected chi connectivity index (χ1v) is 8.60. The fourth-order valence-corrected chi connectivity index (χ4v) is 3.36. The molecule has 1 aromatic carbocycles. The molecule has 0 saturated carbocycles. The van der Waals surface area contributed by atoms with Gasteiger partial charge in [-0.3, -0.25) is 4.68 Å². The number of rotatable bonds is 4. The topological polar surface area (TPSA) is 60.2 Å². The van der Waals surface area contributed by atoms with Crippen molar-refractivity contribution >= 4 is 11.3 Å². The van der Waals surface area contributed by atoms with Crippen LogP contribution in [-0.4, -0.2) is 27.0 Å². The summed E-state index contributed by atoms with van der Waals surface area (Å²) in [6.07, 6.45) is 1.85. The number of aliphatic hydroxyl groups excluding tert-OH is 1. The van der Waals surface area contributed by atoms with Gasteiger partial charge in [-0.2, -0.15) is 5.10 Å². The second-order valence-corrected chi connectivity index (χ2v) is 7.38. The molecule has 24 heavy (non-hydrogen) atoms. The number of nitrogens with zero attached hydrogens (tertiary/aromatic N) is 3. The van der Waals surface area contributed by atoms with E-state index in [0.717, 1.165) is 27.6 Å². The predicted molar refractivity (Wildman–Crippen MR) is 96.2 cm³/mol. The van der Waals surface area contributed by atoms with Gasteiger partial charge >= 0.3 is 0 Å². The third-order valence-corrected chi connectivity index (χ3v) is 4.64. The van der Waals surface area contributed by atoms with Gasteiger partial charge in [-0.15, -0.1) is 11.3 Å². The number of methoxy groups -OCH3 is 1. The summed E-state index contributed by atoms with van der Waals surface area (Å²) in [5, 5.41) is 16.6. The SMILES string of the molecule is COc1ccc(-c2c(-c3nc(CO)cs3)cnn2C(C)(C)C)cc1. The lowest BCUT2D eigenvalue weighted by Gasteiger charge is -2.23. The fraction of sp³-hybridized carbons (Fsp3) is 0.333. The van der Waals surface area contributed by atoms with Crippen molar-refractivity contribution in [3.05, 3.63) is 41.5 Å². The molecule has 0 spiro atoms. The number of thiazole rings is 1. The van der Waals surface area contributed by atoms with Crippen LogP contribution < -0.4 is 4.74 Å². The maximum Gasteiger partial charge on any atom is 0.127 e. The van der Waals surface area contributed by atoms with Crippen LogP contribution in [0.3, 0.4) is 0 Å². The summed E-state index contributed by atoms with van der Waals surface area (Å²) >= 11 is 1.52. The normalized spacial score (nSPS) is 11.7. The van der Waals surface area contributed by atoms with Crippen molar-refractivity contribution in [2.24, 2.45) is 0 Å². The molecule has 6 heteroatoms. The maximum atomic E-state index is 9.29. The first-order chi connectivity index (χ1) is 11.4. The van der Waals surface area contributed by atoms with Gasteiger partial charge in [0.05, 0.1) is 42.4 Å². The van der Waals surface area contributed by atoms with Gasteiger partial charge in [0.2, 0.25) is 0 Å². The van der Waals surface area contributed by atoms with Crippen LogP contribution in [0.15, 0.2) is 35.8 Å². The van der Waals surface area contributed by atoms with Crippen LogP contribution in [0.2, 0.25) is 0 Å². The van der Waals surface area contributed by atoms with Crippen molar-refractivity contribution in [3.63, 3.8) is 0 Å². The quantitative estimate of drug-likeness (QED) is 0.780. The first kappa shape index (κ1) is 16.7. The minimum Gasteiger partial charge on any atom is -0.497 e. The molecule has 0 bridgehead atoms. The van der Waals surface area contributed by atoms with Crippen LogP contribution in [-0.2, 0) is 12.1 Å². The number of hydrogen-bond acceptors (Lipinski definition) is 5. The van der Waals surface area contributed by atoms with Gasteiger partial charge in [0.1, 0.15) is 10.8 Å². The Bertz CT molecular complexity index is 829. The molecular formula is C18H21N3O2S. The first-order valence-electron chi connectivity index (χ1n) is 7.72. The molecule has 0 fully saturated rings. The van der Waals surface area contributed by atoms with Crippen molar-refractivity contribution in [1.29, 1.82) is 0 Å². The molecule has 2 heterocycles. The monoisotopic (exact) mass is 343 g/mol. The summed E-state index contributed by atoms with van der Waals surface area (Å²) in [5.74, 6) is 0.818. The minimum atomic E-state index is -0.162. The molecule has 0 atom stereocenters. The van der Waals surface area contributed by atoms with Crippen molar-refractivity contribution in [2.75, 3.05) is 7.11 Å². The van der Waals surface area contributed by atoms with E-state index in [2.05, 4.69) is 30.9 Å². The van der Waals surface area contributed by atoms with E-state index in [1.807, 2.05) is 40.5 Å². The number of aromatic nitrogens is 3. The summed E-state index contributed by atoms with van der Waals surface area (Å²) in [6, 6.07) is 7.95. The van der Waals surface area contributed by atoms with E-state index in [9.17, 15) is 5.11 Å². The summed E-state index contributed by atoms with van der Waals surface area (Å²) in [6.45, 7) is 6.31. The highest BCUT2D eigenvalue weighted by Gasteiger charge is 2.24. The highest BCUT2D eigenvalue weighted by atomic mass is 32.1. The van der Waals surface area contributed by atoms with Crippen LogP contribution in [0.1, 0.15) is 26.5 Å². The molecule has 5 nitrogen and oxygen atoms in total. The summed E-state index contributed by atoms with van der Waals surface area (Å²) in [5.41, 5.74) is 3.56.